The first-order valence-corrected chi connectivity index (χ1v) is 11.8. The molecule has 3 rings (SSSR count). The van der Waals surface area contributed by atoms with Crippen LogP contribution in [0.25, 0.3) is 0 Å². The predicted octanol–water partition coefficient (Wildman–Crippen LogP) is 4.61. The molecule has 0 saturated heterocycles. The number of amides is 1. The van der Waals surface area contributed by atoms with Crippen LogP contribution in [0.15, 0.2) is 91.0 Å². The molecule has 34 heavy (non-hydrogen) atoms. The predicted molar refractivity (Wildman–Crippen MR) is 137 cm³/mol. The summed E-state index contributed by atoms with van der Waals surface area (Å²) in [7, 11) is 1.28. The number of carbonyl (C=O) groups is 2. The first-order valence-electron chi connectivity index (χ1n) is 11.2. The average molecular weight is 478 g/mol. The Balaban J connectivity index is 2.01. The molecule has 1 N–H and O–H groups in total. The number of thiol groups is 1. The Morgan fingerprint density at radius 1 is 0.824 bits per heavy atom. The standard InChI is InChI=1S/C28H31NO4S/c1-27(2,26(31)29-24(19-34)25(30)32-3)20-33-28(21-13-7-4-8-14-21,22-15-9-5-10-16-22)23-17-11-6-12-18-23/h4-18,24,34H,19-20H2,1-3H3,(H,29,31). The van der Waals surface area contributed by atoms with E-state index in [1.54, 1.807) is 13.8 Å². The van der Waals surface area contributed by atoms with Crippen molar-refractivity contribution in [3.8, 4) is 0 Å². The van der Waals surface area contributed by atoms with Crippen LogP contribution in [0.4, 0.5) is 0 Å². The Bertz CT molecular complexity index is 975. The van der Waals surface area contributed by atoms with Crippen LogP contribution in [0, 0.1) is 5.41 Å². The van der Waals surface area contributed by atoms with Gasteiger partial charge in [-0.05, 0) is 30.5 Å². The second-order valence-corrected chi connectivity index (χ2v) is 9.05. The lowest BCUT2D eigenvalue weighted by molar-refractivity contribution is -0.147. The molecule has 0 aliphatic rings. The Morgan fingerprint density at radius 3 is 1.59 bits per heavy atom. The molecule has 0 aliphatic carbocycles. The highest BCUT2D eigenvalue weighted by atomic mass is 32.1. The van der Waals surface area contributed by atoms with Crippen molar-refractivity contribution in [2.75, 3.05) is 19.5 Å². The molecule has 1 atom stereocenters. The van der Waals surface area contributed by atoms with Crippen LogP contribution in [0.1, 0.15) is 30.5 Å². The van der Waals surface area contributed by atoms with E-state index in [9.17, 15) is 9.59 Å². The summed E-state index contributed by atoms with van der Waals surface area (Å²) in [6, 6.07) is 29.1. The summed E-state index contributed by atoms with van der Waals surface area (Å²) in [6.45, 7) is 3.68. The third kappa shape index (κ3) is 5.51. The molecule has 5 nitrogen and oxygen atoms in total. The van der Waals surface area contributed by atoms with Crippen molar-refractivity contribution in [1.82, 2.24) is 5.32 Å². The molecule has 0 heterocycles. The van der Waals surface area contributed by atoms with Gasteiger partial charge in [0, 0.05) is 5.75 Å². The van der Waals surface area contributed by atoms with Crippen molar-refractivity contribution < 1.29 is 19.1 Å². The number of esters is 1. The smallest absolute Gasteiger partial charge is 0.329 e. The van der Waals surface area contributed by atoms with Crippen LogP contribution in [-0.4, -0.2) is 37.4 Å². The summed E-state index contributed by atoms with van der Waals surface area (Å²) in [6.07, 6.45) is 0. The Kier molecular flexibility index (Phi) is 8.53. The van der Waals surface area contributed by atoms with Crippen molar-refractivity contribution in [2.24, 2.45) is 5.41 Å². The Morgan fingerprint density at radius 2 is 1.24 bits per heavy atom. The average Bonchev–Trinajstić information content (AvgIpc) is 2.89. The summed E-state index contributed by atoms with van der Waals surface area (Å²) in [4.78, 5) is 25.1. The van der Waals surface area contributed by atoms with E-state index in [4.69, 9.17) is 9.47 Å². The zero-order chi connectivity index (χ0) is 24.6. The number of benzene rings is 3. The van der Waals surface area contributed by atoms with Gasteiger partial charge in [0.1, 0.15) is 11.6 Å². The summed E-state index contributed by atoms with van der Waals surface area (Å²) < 4.78 is 11.6. The Labute approximate surface area is 206 Å². The van der Waals surface area contributed by atoms with Crippen LogP contribution in [-0.2, 0) is 24.7 Å². The van der Waals surface area contributed by atoms with Gasteiger partial charge in [0.05, 0.1) is 19.1 Å². The van der Waals surface area contributed by atoms with Gasteiger partial charge < -0.3 is 14.8 Å². The fourth-order valence-corrected chi connectivity index (χ4v) is 4.04. The second-order valence-electron chi connectivity index (χ2n) is 8.68. The molecule has 178 valence electrons. The van der Waals surface area contributed by atoms with E-state index in [1.807, 2.05) is 91.0 Å². The molecule has 1 amide bonds. The van der Waals surface area contributed by atoms with E-state index < -0.39 is 23.0 Å². The molecule has 0 aliphatic heterocycles. The van der Waals surface area contributed by atoms with Gasteiger partial charge in [0.15, 0.2) is 0 Å². The van der Waals surface area contributed by atoms with Gasteiger partial charge in [-0.25, -0.2) is 4.79 Å². The normalized spacial score (nSPS) is 12.6. The lowest BCUT2D eigenvalue weighted by Gasteiger charge is -2.38. The fraction of sp³-hybridized carbons (Fsp3) is 0.286. The van der Waals surface area contributed by atoms with Gasteiger partial charge in [-0.15, -0.1) is 0 Å². The van der Waals surface area contributed by atoms with Crippen LogP contribution >= 0.6 is 12.6 Å². The number of ether oxygens (including phenoxy) is 2. The van der Waals surface area contributed by atoms with Gasteiger partial charge in [0.25, 0.3) is 0 Å². The monoisotopic (exact) mass is 477 g/mol. The number of hydrogen-bond acceptors (Lipinski definition) is 5. The molecular formula is C28H31NO4S. The minimum absolute atomic E-state index is 0.0952. The molecule has 0 fully saturated rings. The van der Waals surface area contributed by atoms with E-state index >= 15 is 0 Å². The Hall–Kier alpha value is -3.09. The molecule has 0 aromatic heterocycles. The van der Waals surface area contributed by atoms with Crippen LogP contribution in [0.5, 0.6) is 0 Å². The number of methoxy groups -OCH3 is 1. The summed E-state index contributed by atoms with van der Waals surface area (Å²) in [5.41, 5.74) is 0.968. The third-order valence-corrected chi connectivity index (χ3v) is 6.14. The van der Waals surface area contributed by atoms with E-state index in [-0.39, 0.29) is 18.3 Å². The first-order chi connectivity index (χ1) is 16.3. The van der Waals surface area contributed by atoms with E-state index in [0.29, 0.717) is 0 Å². The second kappa shape index (κ2) is 11.4. The lowest BCUT2D eigenvalue weighted by atomic mass is 9.79. The third-order valence-electron chi connectivity index (χ3n) is 5.78. The minimum atomic E-state index is -0.946. The SMILES string of the molecule is COC(=O)C(CS)NC(=O)C(C)(C)COC(c1ccccc1)(c1ccccc1)c1ccccc1. The zero-order valence-electron chi connectivity index (χ0n) is 19.7. The maximum absolute atomic E-state index is 13.1. The van der Waals surface area contributed by atoms with Crippen molar-refractivity contribution in [3.63, 3.8) is 0 Å². The van der Waals surface area contributed by atoms with Crippen LogP contribution in [0.3, 0.4) is 0 Å². The van der Waals surface area contributed by atoms with Gasteiger partial charge >= 0.3 is 5.97 Å². The maximum atomic E-state index is 13.1. The van der Waals surface area contributed by atoms with Gasteiger partial charge in [-0.3, -0.25) is 4.79 Å². The van der Waals surface area contributed by atoms with Crippen molar-refractivity contribution in [2.45, 2.75) is 25.5 Å². The van der Waals surface area contributed by atoms with E-state index in [0.717, 1.165) is 16.7 Å². The molecule has 3 aromatic carbocycles. The van der Waals surface area contributed by atoms with Crippen LogP contribution in [0.2, 0.25) is 0 Å². The quantitative estimate of drug-likeness (QED) is 0.254. The largest absolute Gasteiger partial charge is 0.467 e. The van der Waals surface area contributed by atoms with Gasteiger partial charge in [-0.2, -0.15) is 12.6 Å². The molecule has 1 unspecified atom stereocenters. The topological polar surface area (TPSA) is 64.6 Å². The lowest BCUT2D eigenvalue weighted by Crippen LogP contribution is -2.50. The highest BCUT2D eigenvalue weighted by Crippen LogP contribution is 2.41. The summed E-state index contributed by atoms with van der Waals surface area (Å²) >= 11 is 4.17. The molecule has 6 heteroatoms. The minimum Gasteiger partial charge on any atom is -0.467 e. The van der Waals surface area contributed by atoms with Crippen LogP contribution < -0.4 is 5.32 Å². The van der Waals surface area contributed by atoms with E-state index in [1.165, 1.54) is 7.11 Å². The zero-order valence-corrected chi connectivity index (χ0v) is 20.6. The molecular weight excluding hydrogens is 446 g/mol. The highest BCUT2D eigenvalue weighted by Gasteiger charge is 2.41. The molecule has 0 bridgehead atoms. The molecule has 0 radical (unpaired) electrons. The molecule has 3 aromatic rings. The fourth-order valence-electron chi connectivity index (χ4n) is 3.80. The summed E-state index contributed by atoms with van der Waals surface area (Å²) in [5.74, 6) is -0.718. The highest BCUT2D eigenvalue weighted by molar-refractivity contribution is 7.80. The maximum Gasteiger partial charge on any atom is 0.329 e. The van der Waals surface area contributed by atoms with Crippen molar-refractivity contribution >= 4 is 24.5 Å². The number of rotatable bonds is 10. The number of nitrogens with one attached hydrogen (secondary N) is 1. The molecule has 0 spiro atoms. The van der Waals surface area contributed by atoms with Crippen molar-refractivity contribution in [1.29, 1.82) is 0 Å². The van der Waals surface area contributed by atoms with Gasteiger partial charge in [0.2, 0.25) is 5.91 Å². The molecule has 0 saturated carbocycles. The number of carbonyl (C=O) groups excluding carboxylic acids is 2. The first kappa shape index (κ1) is 25.5. The van der Waals surface area contributed by atoms with E-state index in [2.05, 4.69) is 17.9 Å². The van der Waals surface area contributed by atoms with Crippen molar-refractivity contribution in [3.05, 3.63) is 108 Å². The van der Waals surface area contributed by atoms with Gasteiger partial charge in [-0.1, -0.05) is 91.0 Å². The number of hydrogen-bond donors (Lipinski definition) is 2. The summed E-state index contributed by atoms with van der Waals surface area (Å²) in [5, 5.41) is 2.74.